The van der Waals surface area contributed by atoms with Crippen molar-refractivity contribution in [3.05, 3.63) is 0 Å². The Morgan fingerprint density at radius 1 is 0.379 bits per heavy atom. The number of hydrogen-bond acceptors (Lipinski definition) is 38. The van der Waals surface area contributed by atoms with Crippen molar-refractivity contribution in [2.24, 2.45) is 0 Å². The summed E-state index contributed by atoms with van der Waals surface area (Å²) in [5, 5.41) is 238. The van der Waals surface area contributed by atoms with E-state index in [-0.39, 0.29) is 0 Å². The fraction of sp³-hybridized carbons (Fsp3) is 0.944. The molecule has 7 heterocycles. The van der Waals surface area contributed by atoms with Crippen LogP contribution in [-0.2, 0) is 80.7 Å². The molecule has 7 aliphatic heterocycles. The van der Waals surface area contributed by atoms with Crippen LogP contribution in [0.25, 0.3) is 0 Å². The molecule has 7 fully saturated rings. The Morgan fingerprint density at radius 3 is 1.24 bits per heavy atom. The number of ether oxygens (including phenoxy) is 14. The molecule has 7 aliphatic rings. The van der Waals surface area contributed by atoms with Gasteiger partial charge in [0.25, 0.3) is 0 Å². The Hall–Kier alpha value is -2.99. The average Bonchev–Trinajstić information content (AvgIpc) is 0.772. The largest absolute Gasteiger partial charge is 0.394 e. The van der Waals surface area contributed by atoms with Gasteiger partial charge in [-0.05, 0) is 20.8 Å². The summed E-state index contributed by atoms with van der Waals surface area (Å²) < 4.78 is 83.6. The second-order valence-electron chi connectivity index (χ2n) is 24.3. The van der Waals surface area contributed by atoms with Crippen LogP contribution >= 0.6 is 0 Å². The lowest BCUT2D eigenvalue weighted by atomic mass is 9.93. The third-order valence-corrected chi connectivity index (χ3v) is 17.4. The zero-order chi connectivity index (χ0) is 70.5. The Balaban J connectivity index is 1.25. The summed E-state index contributed by atoms with van der Waals surface area (Å²) >= 11 is 0. The summed E-state index contributed by atoms with van der Waals surface area (Å²) in [4.78, 5) is 38.6. The summed E-state index contributed by atoms with van der Waals surface area (Å²) in [6, 6.07) is -5.45. The molecule has 95 heavy (non-hydrogen) atoms. The Labute approximate surface area is 540 Å². The Morgan fingerprint density at radius 2 is 0.779 bits per heavy atom. The maximum Gasteiger partial charge on any atom is 0.217 e. The van der Waals surface area contributed by atoms with Crippen LogP contribution in [-0.4, -0.2) is 404 Å². The van der Waals surface area contributed by atoms with Crippen LogP contribution in [0.3, 0.4) is 0 Å². The summed E-state index contributed by atoms with van der Waals surface area (Å²) in [5.41, 5.74) is 0. The Kier molecular flexibility index (Phi) is 28.9. The first kappa shape index (κ1) is 79.3. The molecular weight excluding hydrogens is 1300 g/mol. The van der Waals surface area contributed by atoms with Crippen molar-refractivity contribution in [2.75, 3.05) is 39.6 Å². The van der Waals surface area contributed by atoms with Gasteiger partial charge in [0.05, 0.1) is 64.0 Å². The predicted molar refractivity (Wildman–Crippen MR) is 297 cm³/mol. The molecule has 0 aromatic carbocycles. The molecule has 0 radical (unpaired) electrons. The van der Waals surface area contributed by atoms with Crippen molar-refractivity contribution in [1.82, 2.24) is 16.0 Å². The van der Waals surface area contributed by atoms with E-state index in [1.54, 1.807) is 0 Å². The first-order valence-corrected chi connectivity index (χ1v) is 30.6. The van der Waals surface area contributed by atoms with Crippen LogP contribution in [0.1, 0.15) is 41.5 Å². The molecule has 0 aliphatic carbocycles. The molecule has 7 rings (SSSR count). The summed E-state index contributed by atoms with van der Waals surface area (Å²) in [7, 11) is 0. The monoisotopic (exact) mass is 1390 g/mol. The zero-order valence-electron chi connectivity index (χ0n) is 52.1. The number of aliphatic hydroxyl groups is 21. The van der Waals surface area contributed by atoms with Gasteiger partial charge in [0.2, 0.25) is 17.7 Å². The van der Waals surface area contributed by atoms with Gasteiger partial charge in [-0.2, -0.15) is 0 Å². The van der Waals surface area contributed by atoms with Crippen molar-refractivity contribution in [3.63, 3.8) is 0 Å². The number of aliphatic hydroxyl groups excluding tert-OH is 21. The molecule has 0 spiro atoms. The Bertz CT molecular complexity index is 2410. The highest BCUT2D eigenvalue weighted by Crippen LogP contribution is 2.39. The summed E-state index contributed by atoms with van der Waals surface area (Å²) in [6.07, 6.45) is -70.9. The third-order valence-electron chi connectivity index (χ3n) is 17.4. The fourth-order valence-corrected chi connectivity index (χ4v) is 12.0. The molecular formula is C54H93N3O38. The number of amides is 3. The molecule has 7 saturated heterocycles. The van der Waals surface area contributed by atoms with Crippen LogP contribution < -0.4 is 16.0 Å². The molecule has 0 bridgehead atoms. The first-order valence-electron chi connectivity index (χ1n) is 30.6. The van der Waals surface area contributed by atoms with Crippen LogP contribution in [0.5, 0.6) is 0 Å². The van der Waals surface area contributed by atoms with Crippen LogP contribution in [0.2, 0.25) is 0 Å². The van der Waals surface area contributed by atoms with E-state index in [0.29, 0.717) is 0 Å². The van der Waals surface area contributed by atoms with Crippen molar-refractivity contribution in [3.8, 4) is 0 Å². The van der Waals surface area contributed by atoms with E-state index < -0.39 is 297 Å². The van der Waals surface area contributed by atoms with Gasteiger partial charge < -0.3 is 190 Å². The smallest absolute Gasteiger partial charge is 0.217 e. The molecule has 3 amide bonds. The van der Waals surface area contributed by atoms with Gasteiger partial charge in [0.15, 0.2) is 44.0 Å². The van der Waals surface area contributed by atoms with Gasteiger partial charge >= 0.3 is 0 Å². The highest BCUT2D eigenvalue weighted by Gasteiger charge is 2.59. The second-order valence-corrected chi connectivity index (χ2v) is 24.3. The minimum Gasteiger partial charge on any atom is -0.394 e. The van der Waals surface area contributed by atoms with E-state index in [2.05, 4.69) is 16.0 Å². The van der Waals surface area contributed by atoms with E-state index in [9.17, 15) is 122 Å². The maximum atomic E-state index is 13.2. The van der Waals surface area contributed by atoms with E-state index in [4.69, 9.17) is 66.3 Å². The predicted octanol–water partition coefficient (Wildman–Crippen LogP) is -15.3. The van der Waals surface area contributed by atoms with E-state index in [1.165, 1.54) is 20.8 Å². The van der Waals surface area contributed by atoms with Gasteiger partial charge in [-0.3, -0.25) is 14.4 Å². The van der Waals surface area contributed by atoms with Gasteiger partial charge in [-0.25, -0.2) is 0 Å². The van der Waals surface area contributed by atoms with Crippen LogP contribution in [0.4, 0.5) is 0 Å². The number of carbonyl (C=O) groups is 3. The molecule has 41 heteroatoms. The lowest BCUT2D eigenvalue weighted by Gasteiger charge is -2.51. The first-order chi connectivity index (χ1) is 44.7. The number of rotatable bonds is 26. The van der Waals surface area contributed by atoms with Gasteiger partial charge in [0, 0.05) is 20.8 Å². The maximum absolute atomic E-state index is 13.2. The molecule has 552 valence electrons. The lowest BCUT2D eigenvalue weighted by molar-refractivity contribution is -0.407. The highest BCUT2D eigenvalue weighted by molar-refractivity contribution is 5.74. The number of hydrogen-bond donors (Lipinski definition) is 24. The fourth-order valence-electron chi connectivity index (χ4n) is 12.0. The van der Waals surface area contributed by atoms with E-state index in [1.807, 2.05) is 0 Å². The SMILES string of the molecule is CC(=O)N[C@H]1[C@H](O[C@@H]2[C@@H](NC(C)=O)[C@H](OC[C@@H](O)[C@H](O)[C@H](O[C@@H]3O[C@H](CO)[C@H](O)[C@H](O[C@@H]4O[C@H](CO)[C@H](O)[C@H](O)[C@H]4O[C@@H]4O[C@@H](C)[C@@H](O)[C@@H](O)[C@@H]4O)[C@H]3O[C@@H]3O[C@@H](C)[C@@H](O)[C@@H](O)[C@H]3O)[C@H](CO)NC(C)=O)O[C@H](CO)[C@H]2O[C@@H]2O[C@@H](C)[C@@H](O)[C@@H](O)[C@@H]2O)O[C@H](CO)[C@@H](O)[C@@H]1O. The van der Waals surface area contributed by atoms with Gasteiger partial charge in [0.1, 0.15) is 171 Å². The topological polar surface area (TPSA) is 641 Å². The second kappa shape index (κ2) is 34.6. The van der Waals surface area contributed by atoms with Crippen molar-refractivity contribution in [1.29, 1.82) is 0 Å². The van der Waals surface area contributed by atoms with Crippen molar-refractivity contribution in [2.45, 2.75) is 281 Å². The minimum atomic E-state index is -2.53. The molecule has 39 atom stereocenters. The van der Waals surface area contributed by atoms with E-state index in [0.717, 1.165) is 20.8 Å². The molecule has 0 unspecified atom stereocenters. The minimum absolute atomic E-state index is 0.824. The molecule has 0 aromatic rings. The quantitative estimate of drug-likeness (QED) is 0.0382. The third kappa shape index (κ3) is 18.0. The molecule has 0 saturated carbocycles. The zero-order valence-corrected chi connectivity index (χ0v) is 52.1. The standard InChI is InChI=1S/C54H93N3O38/c1-13-27(67)35(75)39(79)50(83-13)91-43-24(11-62)89-48(26(57-18(6)65)44(43)92-49-25(56-17(5)64)34(74)31(71)21(8-59)86-49)82-12-20(66)30(70)42(19(7-58)55-16(4)63)90-54-47(95-52-41(81)37(77)29(69)15(3)85-52)45(33(73)23(10-61)88-54)93-53-46(38(78)32(72)22(9-60)87-53)94-51-40(80)36(76)28(68)14(2)84-51/h13-15,19-54,58-62,66-81H,7-12H2,1-6H3,(H,55,63)(H,56,64)(H,57,65)/t13-,14-,15-,19-,20+,21+,22+,23+,24+,25+,26+,27+,28+,29+,30-,31+,32-,33-,34+,35+,36+,37+,38-,39-,40-,41+,42+,43+,44+,45-,46+,47+,48+,49-,50-,51-,52-,53-,54-/m0/s1. The van der Waals surface area contributed by atoms with Gasteiger partial charge in [-0.1, -0.05) is 0 Å². The summed E-state index contributed by atoms with van der Waals surface area (Å²) in [5.74, 6) is -2.67. The molecule has 41 nitrogen and oxygen atoms in total. The van der Waals surface area contributed by atoms with Gasteiger partial charge in [-0.15, -0.1) is 0 Å². The lowest BCUT2D eigenvalue weighted by Crippen LogP contribution is -2.71. The van der Waals surface area contributed by atoms with E-state index >= 15 is 0 Å². The molecule has 24 N–H and O–H groups in total. The summed E-state index contributed by atoms with van der Waals surface area (Å²) in [6.45, 7) is 0.0158. The molecule has 0 aromatic heterocycles. The number of carbonyl (C=O) groups excluding carboxylic acids is 3. The normalized spacial score (nSPS) is 47.2. The average molecular weight is 1390 g/mol. The van der Waals surface area contributed by atoms with Crippen LogP contribution in [0, 0.1) is 0 Å². The van der Waals surface area contributed by atoms with Crippen LogP contribution in [0.15, 0.2) is 0 Å². The van der Waals surface area contributed by atoms with Crippen molar-refractivity contribution < 1.29 is 188 Å². The number of nitrogens with one attached hydrogen (secondary N) is 3. The highest BCUT2D eigenvalue weighted by atomic mass is 16.8. The van der Waals surface area contributed by atoms with Crippen molar-refractivity contribution >= 4 is 17.7 Å².